The Hall–Kier alpha value is -2.46. The first-order valence-electron chi connectivity index (χ1n) is 8.83. The highest BCUT2D eigenvalue weighted by Crippen LogP contribution is 2.40. The molecule has 3 aromatic rings. The molecule has 0 amide bonds. The lowest BCUT2D eigenvalue weighted by Crippen LogP contribution is -1.98. The highest BCUT2D eigenvalue weighted by Gasteiger charge is 2.30. The molecular weight excluding hydrogens is 431 g/mol. The van der Waals surface area contributed by atoms with Gasteiger partial charge in [-0.05, 0) is 54.5 Å². The Morgan fingerprint density at radius 1 is 0.966 bits per heavy atom. The van der Waals surface area contributed by atoms with Gasteiger partial charge >= 0.3 is 0 Å². The fraction of sp³-hybridized carbons (Fsp3) is 0.0870. The summed E-state index contributed by atoms with van der Waals surface area (Å²) in [6.07, 6.45) is 1.65. The second-order valence-corrected chi connectivity index (χ2v) is 7.79. The fourth-order valence-electron chi connectivity index (χ4n) is 3.05. The molecule has 0 aromatic heterocycles. The van der Waals surface area contributed by atoms with Crippen molar-refractivity contribution in [2.24, 2.45) is 0 Å². The first kappa shape index (κ1) is 19.8. The first-order valence-corrected chi connectivity index (χ1v) is 9.96. The number of hydrogen-bond acceptors (Lipinski definition) is 3. The third-order valence-electron chi connectivity index (χ3n) is 4.61. The number of fused-ring (bicyclic) bond motifs is 1. The van der Waals surface area contributed by atoms with Crippen molar-refractivity contribution in [2.75, 3.05) is 0 Å². The van der Waals surface area contributed by atoms with Crippen LogP contribution in [0.25, 0.3) is 6.08 Å². The summed E-state index contributed by atoms with van der Waals surface area (Å²) in [6.45, 7) is 2.17. The van der Waals surface area contributed by atoms with E-state index in [0.717, 1.165) is 16.7 Å². The summed E-state index contributed by atoms with van der Waals surface area (Å²) in [5, 5.41) is 1.52. The normalized spacial score (nSPS) is 14.1. The number of benzene rings is 3. The molecule has 0 unspecified atom stereocenters. The second kappa shape index (κ2) is 8.11. The van der Waals surface area contributed by atoms with Gasteiger partial charge in [0.25, 0.3) is 0 Å². The van der Waals surface area contributed by atoms with Gasteiger partial charge in [0.05, 0.1) is 15.6 Å². The molecule has 0 radical (unpaired) electrons. The van der Waals surface area contributed by atoms with Crippen LogP contribution in [0.2, 0.25) is 15.1 Å². The zero-order valence-corrected chi connectivity index (χ0v) is 17.6. The minimum atomic E-state index is -0.181. The van der Waals surface area contributed by atoms with E-state index >= 15 is 0 Å². The average molecular weight is 446 g/mol. The van der Waals surface area contributed by atoms with Gasteiger partial charge in [-0.3, -0.25) is 4.79 Å². The molecule has 0 spiro atoms. The van der Waals surface area contributed by atoms with Gasteiger partial charge < -0.3 is 9.47 Å². The van der Waals surface area contributed by atoms with Crippen LogP contribution in [-0.4, -0.2) is 5.78 Å². The molecule has 3 nitrogen and oxygen atoms in total. The van der Waals surface area contributed by atoms with E-state index in [-0.39, 0.29) is 11.5 Å². The van der Waals surface area contributed by atoms with Crippen LogP contribution in [0.15, 0.2) is 60.4 Å². The molecule has 0 atom stereocenters. The predicted molar refractivity (Wildman–Crippen MR) is 116 cm³/mol. The van der Waals surface area contributed by atoms with Crippen LogP contribution >= 0.6 is 34.8 Å². The maximum absolute atomic E-state index is 12.7. The summed E-state index contributed by atoms with van der Waals surface area (Å²) in [5.41, 5.74) is 2.86. The van der Waals surface area contributed by atoms with E-state index in [0.29, 0.717) is 38.7 Å². The lowest BCUT2D eigenvalue weighted by Gasteiger charge is -2.12. The number of rotatable bonds is 4. The van der Waals surface area contributed by atoms with Crippen LogP contribution in [0.4, 0.5) is 0 Å². The molecule has 0 N–H and O–H groups in total. The number of hydrogen-bond donors (Lipinski definition) is 0. The third-order valence-corrected chi connectivity index (χ3v) is 5.69. The molecule has 1 aliphatic rings. The minimum absolute atomic E-state index is 0.181. The van der Waals surface area contributed by atoms with Crippen molar-refractivity contribution in [1.29, 1.82) is 0 Å². The van der Waals surface area contributed by atoms with Crippen LogP contribution in [0, 0.1) is 6.92 Å². The van der Waals surface area contributed by atoms with Gasteiger partial charge in [-0.1, -0.05) is 59.1 Å². The van der Waals surface area contributed by atoms with Crippen LogP contribution < -0.4 is 9.47 Å². The zero-order chi connectivity index (χ0) is 20.5. The Labute approximate surface area is 183 Å². The number of allylic oxidation sites excluding steroid dienone is 1. The number of Topliss-reactive ketones (excluding diaryl/α,β-unsaturated/α-hetero) is 1. The zero-order valence-electron chi connectivity index (χ0n) is 15.3. The van der Waals surface area contributed by atoms with Crippen LogP contribution in [0.1, 0.15) is 27.0 Å². The number of halogens is 3. The summed E-state index contributed by atoms with van der Waals surface area (Å²) >= 11 is 18.2. The van der Waals surface area contributed by atoms with Gasteiger partial charge in [-0.25, -0.2) is 0 Å². The smallest absolute Gasteiger partial charge is 0.231 e. The molecule has 0 fully saturated rings. The van der Waals surface area contributed by atoms with Crippen LogP contribution in [0.3, 0.4) is 0 Å². The number of ketones is 1. The van der Waals surface area contributed by atoms with Crippen LogP contribution in [-0.2, 0) is 6.61 Å². The number of carbonyl (C=O) groups is 1. The molecule has 146 valence electrons. The quantitative estimate of drug-likeness (QED) is 0.400. The van der Waals surface area contributed by atoms with Gasteiger partial charge in [0.2, 0.25) is 5.78 Å². The summed E-state index contributed by atoms with van der Waals surface area (Å²) in [7, 11) is 0. The predicted octanol–water partition coefficient (Wildman–Crippen LogP) is 7.15. The molecule has 0 saturated carbocycles. The lowest BCUT2D eigenvalue weighted by molar-refractivity contribution is 0.101. The molecule has 6 heteroatoms. The highest BCUT2D eigenvalue weighted by molar-refractivity contribution is 6.42. The largest absolute Gasteiger partial charge is 0.488 e. The lowest BCUT2D eigenvalue weighted by atomic mass is 10.1. The van der Waals surface area contributed by atoms with E-state index < -0.39 is 0 Å². The summed E-state index contributed by atoms with van der Waals surface area (Å²) < 4.78 is 11.8. The van der Waals surface area contributed by atoms with E-state index in [2.05, 4.69) is 0 Å². The van der Waals surface area contributed by atoms with E-state index in [9.17, 15) is 4.79 Å². The Kier molecular flexibility index (Phi) is 5.55. The van der Waals surface area contributed by atoms with Crippen molar-refractivity contribution in [3.63, 3.8) is 0 Å². The molecule has 0 aliphatic carbocycles. The molecule has 3 aromatic carbocycles. The summed E-state index contributed by atoms with van der Waals surface area (Å²) in [6, 6.07) is 16.1. The molecule has 4 rings (SSSR count). The van der Waals surface area contributed by atoms with Crippen molar-refractivity contribution in [1.82, 2.24) is 0 Å². The van der Waals surface area contributed by atoms with Gasteiger partial charge in [-0.15, -0.1) is 0 Å². The van der Waals surface area contributed by atoms with Crippen molar-refractivity contribution >= 4 is 46.7 Å². The SMILES string of the molecule is Cc1c(OCc2ccc(Cl)c(Cl)c2)ccc2c1O/C(=C\c1ccccc1Cl)C2=O. The Morgan fingerprint density at radius 2 is 1.76 bits per heavy atom. The van der Waals surface area contributed by atoms with Crippen molar-refractivity contribution < 1.29 is 14.3 Å². The van der Waals surface area contributed by atoms with Crippen molar-refractivity contribution in [3.8, 4) is 11.5 Å². The van der Waals surface area contributed by atoms with E-state index in [1.165, 1.54) is 0 Å². The topological polar surface area (TPSA) is 35.5 Å². The highest BCUT2D eigenvalue weighted by atomic mass is 35.5. The Morgan fingerprint density at radius 3 is 2.52 bits per heavy atom. The Balaban J connectivity index is 1.58. The molecule has 0 bridgehead atoms. The second-order valence-electron chi connectivity index (χ2n) is 6.56. The maximum atomic E-state index is 12.7. The fourth-order valence-corrected chi connectivity index (χ4v) is 3.56. The monoisotopic (exact) mass is 444 g/mol. The van der Waals surface area contributed by atoms with Gasteiger partial charge in [-0.2, -0.15) is 0 Å². The molecular formula is C23H15Cl3O3. The van der Waals surface area contributed by atoms with Gasteiger partial charge in [0, 0.05) is 10.6 Å². The third kappa shape index (κ3) is 3.99. The van der Waals surface area contributed by atoms with E-state index in [4.69, 9.17) is 44.3 Å². The number of ether oxygens (including phenoxy) is 2. The van der Waals surface area contributed by atoms with E-state index in [1.54, 1.807) is 36.4 Å². The maximum Gasteiger partial charge on any atom is 0.231 e. The van der Waals surface area contributed by atoms with Gasteiger partial charge in [0.1, 0.15) is 18.1 Å². The molecule has 1 heterocycles. The van der Waals surface area contributed by atoms with Gasteiger partial charge in [0.15, 0.2) is 5.76 Å². The molecule has 29 heavy (non-hydrogen) atoms. The Bertz CT molecular complexity index is 1150. The average Bonchev–Trinajstić information content (AvgIpc) is 3.02. The molecule has 0 saturated heterocycles. The standard InChI is InChI=1S/C23H15Cl3O3/c1-13-20(28-12-14-6-8-18(25)19(26)10-14)9-7-16-22(27)21(29-23(13)16)11-15-4-2-3-5-17(15)24/h2-11H,12H2,1H3/b21-11-. The minimum Gasteiger partial charge on any atom is -0.488 e. The molecule has 1 aliphatic heterocycles. The van der Waals surface area contributed by atoms with Crippen LogP contribution in [0.5, 0.6) is 11.5 Å². The van der Waals surface area contributed by atoms with E-state index in [1.807, 2.05) is 31.2 Å². The van der Waals surface area contributed by atoms with Crippen molar-refractivity contribution in [3.05, 3.63) is 97.7 Å². The summed E-state index contributed by atoms with van der Waals surface area (Å²) in [4.78, 5) is 12.7. The van der Waals surface area contributed by atoms with Crippen molar-refractivity contribution in [2.45, 2.75) is 13.5 Å². The number of carbonyl (C=O) groups excluding carboxylic acids is 1. The first-order chi connectivity index (χ1) is 13.9. The summed E-state index contributed by atoms with van der Waals surface area (Å²) in [5.74, 6) is 1.18.